The fourth-order valence-electron chi connectivity index (χ4n) is 4.13. The van der Waals surface area contributed by atoms with Crippen molar-refractivity contribution in [2.75, 3.05) is 26.7 Å². The molecule has 2 aromatic rings. The molecule has 2 N–H and O–H groups in total. The molecule has 3 rings (SSSR count). The van der Waals surface area contributed by atoms with Gasteiger partial charge in [-0.1, -0.05) is 24.6 Å². The molecule has 26 heavy (non-hydrogen) atoms. The van der Waals surface area contributed by atoms with Gasteiger partial charge in [0, 0.05) is 35.6 Å². The van der Waals surface area contributed by atoms with Gasteiger partial charge in [-0.2, -0.15) is 0 Å². The van der Waals surface area contributed by atoms with Gasteiger partial charge in [-0.05, 0) is 45.8 Å². The lowest BCUT2D eigenvalue weighted by molar-refractivity contribution is 0.1000. The Morgan fingerprint density at radius 3 is 2.42 bits per heavy atom. The number of rotatable bonds is 6. The molecule has 1 saturated heterocycles. The summed E-state index contributed by atoms with van der Waals surface area (Å²) in [5, 5.41) is 0. The molecule has 0 bridgehead atoms. The zero-order valence-electron chi connectivity index (χ0n) is 16.0. The van der Waals surface area contributed by atoms with Crippen molar-refractivity contribution in [3.8, 4) is 16.9 Å². The first kappa shape index (κ1) is 18.5. The van der Waals surface area contributed by atoms with E-state index in [4.69, 9.17) is 10.5 Å². The van der Waals surface area contributed by atoms with Gasteiger partial charge in [0.25, 0.3) is 5.91 Å². The molecule has 0 radical (unpaired) electrons. The second kappa shape index (κ2) is 7.96. The van der Waals surface area contributed by atoms with Crippen molar-refractivity contribution in [2.24, 2.45) is 5.73 Å². The monoisotopic (exact) mass is 355 g/mol. The van der Waals surface area contributed by atoms with E-state index in [-0.39, 0.29) is 5.91 Å². The number of nitrogens with zero attached hydrogens (tertiary/aromatic N) is 2. The lowest BCUT2D eigenvalue weighted by atomic mass is 9.99. The summed E-state index contributed by atoms with van der Waals surface area (Å²) in [5.41, 5.74) is 10.2. The highest BCUT2D eigenvalue weighted by Gasteiger charge is 2.24. The number of likely N-dealkylation sites (tertiary alicyclic amines) is 1. The normalized spacial score (nSPS) is 15.2. The van der Waals surface area contributed by atoms with Gasteiger partial charge in [-0.3, -0.25) is 4.79 Å². The van der Waals surface area contributed by atoms with E-state index in [1.165, 1.54) is 32.4 Å². The average Bonchev–Trinajstić information content (AvgIpc) is 2.91. The quantitative estimate of drug-likeness (QED) is 0.864. The van der Waals surface area contributed by atoms with Gasteiger partial charge >= 0.3 is 0 Å². The Morgan fingerprint density at radius 2 is 1.77 bits per heavy atom. The first-order chi connectivity index (χ1) is 12.5. The first-order valence-corrected chi connectivity index (χ1v) is 9.39. The molecule has 1 aromatic heterocycles. The topological polar surface area (TPSA) is 60.5 Å². The van der Waals surface area contributed by atoms with Crippen molar-refractivity contribution in [2.45, 2.75) is 39.7 Å². The number of benzene rings is 1. The number of hydrogen-bond acceptors (Lipinski definition) is 3. The lowest BCUT2D eigenvalue weighted by Crippen LogP contribution is -2.32. The Labute approximate surface area is 155 Å². The molecule has 0 aliphatic carbocycles. The maximum Gasteiger partial charge on any atom is 0.251 e. The molecule has 2 heterocycles. The number of carbonyl (C=O) groups is 1. The molecule has 1 aliphatic heterocycles. The van der Waals surface area contributed by atoms with E-state index in [2.05, 4.69) is 16.4 Å². The van der Waals surface area contributed by atoms with E-state index in [0.717, 1.165) is 41.4 Å². The third kappa shape index (κ3) is 3.49. The van der Waals surface area contributed by atoms with E-state index in [0.29, 0.717) is 5.56 Å². The highest BCUT2D eigenvalue weighted by Crippen LogP contribution is 2.37. The maximum atomic E-state index is 12.2. The molecular formula is C21H29N3O2. The predicted molar refractivity (Wildman–Crippen MR) is 105 cm³/mol. The zero-order chi connectivity index (χ0) is 18.7. The van der Waals surface area contributed by atoms with Gasteiger partial charge in [-0.15, -0.1) is 0 Å². The van der Waals surface area contributed by atoms with Crippen LogP contribution in [0.5, 0.6) is 5.75 Å². The van der Waals surface area contributed by atoms with E-state index in [1.54, 1.807) is 7.11 Å². The number of ether oxygens (including phenoxy) is 1. The van der Waals surface area contributed by atoms with Gasteiger partial charge < -0.3 is 19.9 Å². The molecule has 1 amide bonds. The van der Waals surface area contributed by atoms with E-state index < -0.39 is 0 Å². The van der Waals surface area contributed by atoms with Crippen molar-refractivity contribution in [3.63, 3.8) is 0 Å². The van der Waals surface area contributed by atoms with Crippen LogP contribution in [0.15, 0.2) is 24.3 Å². The number of hydrogen-bond donors (Lipinski definition) is 1. The Kier molecular flexibility index (Phi) is 5.67. The summed E-state index contributed by atoms with van der Waals surface area (Å²) in [7, 11) is 1.65. The molecule has 0 spiro atoms. The van der Waals surface area contributed by atoms with Crippen LogP contribution in [0.2, 0.25) is 0 Å². The summed E-state index contributed by atoms with van der Waals surface area (Å²) in [6.45, 7) is 8.26. The van der Waals surface area contributed by atoms with Gasteiger partial charge in [0.1, 0.15) is 5.75 Å². The van der Waals surface area contributed by atoms with Crippen molar-refractivity contribution in [1.82, 2.24) is 9.47 Å². The van der Waals surface area contributed by atoms with Crippen molar-refractivity contribution in [1.29, 1.82) is 0 Å². The van der Waals surface area contributed by atoms with Crippen LogP contribution in [0.4, 0.5) is 0 Å². The molecule has 1 aliphatic rings. The highest BCUT2D eigenvalue weighted by molar-refractivity contribution is 6.02. The van der Waals surface area contributed by atoms with Gasteiger partial charge in [-0.25, -0.2) is 0 Å². The van der Waals surface area contributed by atoms with Crippen molar-refractivity contribution >= 4 is 5.91 Å². The van der Waals surface area contributed by atoms with Crippen LogP contribution in [0.3, 0.4) is 0 Å². The molecule has 0 saturated carbocycles. The Bertz CT molecular complexity index is 789. The summed E-state index contributed by atoms with van der Waals surface area (Å²) in [5.74, 6) is 0.370. The second-order valence-corrected chi connectivity index (χ2v) is 7.04. The largest absolute Gasteiger partial charge is 0.496 e. The number of amides is 1. The zero-order valence-corrected chi connectivity index (χ0v) is 16.0. The van der Waals surface area contributed by atoms with Crippen LogP contribution in [0.1, 0.15) is 41.0 Å². The predicted octanol–water partition coefficient (Wildman–Crippen LogP) is 3.37. The Balaban J connectivity index is 2.00. The molecule has 0 atom stereocenters. The van der Waals surface area contributed by atoms with E-state index in [9.17, 15) is 4.79 Å². The van der Waals surface area contributed by atoms with Crippen molar-refractivity contribution in [3.05, 3.63) is 41.2 Å². The summed E-state index contributed by atoms with van der Waals surface area (Å²) in [4.78, 5) is 14.8. The van der Waals surface area contributed by atoms with Gasteiger partial charge in [0.2, 0.25) is 0 Å². The van der Waals surface area contributed by atoms with Crippen LogP contribution in [-0.2, 0) is 6.54 Å². The number of methoxy groups -OCH3 is 1. The number of para-hydroxylation sites is 1. The van der Waals surface area contributed by atoms with Crippen LogP contribution < -0.4 is 10.5 Å². The van der Waals surface area contributed by atoms with Crippen molar-refractivity contribution < 1.29 is 9.53 Å². The minimum Gasteiger partial charge on any atom is -0.496 e. The Morgan fingerprint density at radius 1 is 1.08 bits per heavy atom. The number of carbonyl (C=O) groups excluding carboxylic acids is 1. The summed E-state index contributed by atoms with van der Waals surface area (Å²) >= 11 is 0. The minimum atomic E-state index is -0.386. The number of nitrogens with two attached hydrogens (primary N) is 1. The van der Waals surface area contributed by atoms with E-state index >= 15 is 0 Å². The highest BCUT2D eigenvalue weighted by atomic mass is 16.5. The molecular weight excluding hydrogens is 326 g/mol. The van der Waals surface area contributed by atoms with Gasteiger partial charge in [0.05, 0.1) is 12.7 Å². The standard InChI is InChI=1S/C21H29N3O2/c1-15-19(17-9-5-6-10-18(17)26-3)20(21(22)25)16(2)24(15)14-13-23-11-7-4-8-12-23/h5-6,9-10H,4,7-8,11-14H2,1-3H3,(H2,22,25). The molecule has 1 aromatic carbocycles. The Hall–Kier alpha value is -2.27. The fraction of sp³-hybridized carbons (Fsp3) is 0.476. The molecule has 5 heteroatoms. The second-order valence-electron chi connectivity index (χ2n) is 7.04. The fourth-order valence-corrected chi connectivity index (χ4v) is 4.13. The average molecular weight is 355 g/mol. The minimum absolute atomic E-state index is 0.386. The number of aromatic nitrogens is 1. The van der Waals surface area contributed by atoms with Crippen LogP contribution in [0, 0.1) is 13.8 Å². The molecule has 1 fully saturated rings. The molecule has 140 valence electrons. The molecule has 0 unspecified atom stereocenters. The maximum absolute atomic E-state index is 12.2. The smallest absolute Gasteiger partial charge is 0.251 e. The van der Waals surface area contributed by atoms with Crippen LogP contribution in [-0.4, -0.2) is 42.1 Å². The van der Waals surface area contributed by atoms with Crippen LogP contribution in [0.25, 0.3) is 11.1 Å². The summed E-state index contributed by atoms with van der Waals surface area (Å²) in [6, 6.07) is 7.80. The number of piperidine rings is 1. The molecule has 5 nitrogen and oxygen atoms in total. The summed E-state index contributed by atoms with van der Waals surface area (Å²) in [6.07, 6.45) is 3.90. The van der Waals surface area contributed by atoms with Crippen LogP contribution >= 0.6 is 0 Å². The number of primary amides is 1. The third-order valence-electron chi connectivity index (χ3n) is 5.49. The van der Waals surface area contributed by atoms with Gasteiger partial charge in [0.15, 0.2) is 0 Å². The van der Waals surface area contributed by atoms with E-state index in [1.807, 2.05) is 31.2 Å². The lowest BCUT2D eigenvalue weighted by Gasteiger charge is -2.27. The first-order valence-electron chi connectivity index (χ1n) is 9.39. The summed E-state index contributed by atoms with van der Waals surface area (Å²) < 4.78 is 7.76. The third-order valence-corrected chi connectivity index (χ3v) is 5.49. The SMILES string of the molecule is COc1ccccc1-c1c(C(N)=O)c(C)n(CCN2CCCCC2)c1C.